The number of amides is 1. The largest absolute Gasteiger partial charge is 0.479 e. The number of hydrogen-bond donors (Lipinski definition) is 4. The number of ether oxygens (including phenoxy) is 2. The minimum Gasteiger partial charge on any atom is -0.479 e. The Morgan fingerprint density at radius 2 is 1.66 bits per heavy atom. The first-order chi connectivity index (χ1) is 28.0. The van der Waals surface area contributed by atoms with Crippen LogP contribution in [0.15, 0.2) is 91.1 Å². The highest BCUT2D eigenvalue weighted by atomic mass is 35.5. The van der Waals surface area contributed by atoms with E-state index in [0.29, 0.717) is 27.4 Å². The highest BCUT2D eigenvalue weighted by Gasteiger charge is 2.72. The lowest BCUT2D eigenvalue weighted by molar-refractivity contribution is -0.156. The number of carbonyl (C=O) groups excluding carboxylic acids is 1. The van der Waals surface area contributed by atoms with Gasteiger partial charge in [-0.25, -0.2) is 14.2 Å². The van der Waals surface area contributed by atoms with Gasteiger partial charge in [-0.2, -0.15) is 0 Å². The summed E-state index contributed by atoms with van der Waals surface area (Å²) in [6.07, 6.45) is -0.818. The maximum atomic E-state index is 16.8. The first-order valence-corrected chi connectivity index (χ1v) is 19.9. The predicted octanol–water partition coefficient (Wildman–Crippen LogP) is 7.78. The average Bonchev–Trinajstić information content (AvgIpc) is 3.51. The quantitative estimate of drug-likeness (QED) is 0.0743. The minimum absolute atomic E-state index is 0.0320. The number of carbonyl (C=O) groups is 2. The van der Waals surface area contributed by atoms with Gasteiger partial charge in [0.05, 0.1) is 44.2 Å². The van der Waals surface area contributed by atoms with Crippen LogP contribution in [0.3, 0.4) is 0 Å². The highest BCUT2D eigenvalue weighted by Crippen LogP contribution is 2.70. The molecule has 0 radical (unpaired) electrons. The molecule has 10 nitrogen and oxygen atoms in total. The van der Waals surface area contributed by atoms with Crippen molar-refractivity contribution in [2.24, 2.45) is 5.41 Å². The zero-order valence-corrected chi connectivity index (χ0v) is 33.2. The predicted molar refractivity (Wildman–Crippen MR) is 213 cm³/mol. The first-order valence-electron chi connectivity index (χ1n) is 19.1. The number of methoxy groups -OCH3 is 1. The molecule has 1 spiro atoms. The van der Waals surface area contributed by atoms with Crippen LogP contribution in [-0.2, 0) is 19.1 Å². The number of benzene rings is 3. The molecule has 1 unspecified atom stereocenters. The molecule has 4 aromatic rings. The number of alkyl halides is 2. The molecular formula is C43H45Cl2F3N4O6. The lowest BCUT2D eigenvalue weighted by Gasteiger charge is -2.61. The maximum absolute atomic E-state index is 16.8. The van der Waals surface area contributed by atoms with Gasteiger partial charge in [0.2, 0.25) is 5.91 Å². The van der Waals surface area contributed by atoms with Gasteiger partial charge in [-0.1, -0.05) is 89.9 Å². The van der Waals surface area contributed by atoms with Crippen molar-refractivity contribution in [3.63, 3.8) is 0 Å². The van der Waals surface area contributed by atoms with Crippen LogP contribution in [0.5, 0.6) is 0 Å². The number of aliphatic hydroxyl groups excluding tert-OH is 1. The summed E-state index contributed by atoms with van der Waals surface area (Å²) in [6, 6.07) is 21.5. The number of aliphatic carboxylic acids is 1. The number of carboxylic acids is 1. The van der Waals surface area contributed by atoms with E-state index in [0.717, 1.165) is 0 Å². The Morgan fingerprint density at radius 3 is 2.26 bits per heavy atom. The molecule has 3 aromatic carbocycles. The molecule has 3 aliphatic rings. The van der Waals surface area contributed by atoms with Crippen LogP contribution in [0.2, 0.25) is 10.2 Å². The number of rotatable bonds is 14. The van der Waals surface area contributed by atoms with E-state index in [1.807, 2.05) is 29.2 Å². The summed E-state index contributed by atoms with van der Waals surface area (Å²) in [5.41, 5.74) is -0.571. The molecular weight excluding hydrogens is 796 g/mol. The Balaban J connectivity index is 1.52. The Morgan fingerprint density at radius 1 is 0.983 bits per heavy atom. The van der Waals surface area contributed by atoms with E-state index in [1.54, 1.807) is 54.6 Å². The fourth-order valence-corrected chi connectivity index (χ4v) is 10.0. The molecule has 3 heterocycles. The van der Waals surface area contributed by atoms with Gasteiger partial charge in [0.15, 0.2) is 17.1 Å². The second-order valence-corrected chi connectivity index (χ2v) is 16.4. The second kappa shape index (κ2) is 17.5. The molecule has 2 aliphatic heterocycles. The third-order valence-corrected chi connectivity index (χ3v) is 12.6. The number of nitrogens with zero attached hydrogens (tertiary/aromatic N) is 2. The van der Waals surface area contributed by atoms with Crippen LogP contribution in [-0.4, -0.2) is 89.5 Å². The normalized spacial score (nSPS) is 24.8. The van der Waals surface area contributed by atoms with E-state index in [4.69, 9.17) is 32.7 Å². The third-order valence-electron chi connectivity index (χ3n) is 12.1. The SMILES string of the molecule is COCNc1cc(Cl)ccc1C1[C@@H](c2ccnc(Cl)c2F)[C@H](C(=O)N[C@@H]2CC[C@@H](C(=O)O)OC2)N([C@H](c2ccccc2)[C@@H](O)c2ccccc2)C12CC(CF)(CF)C2. The number of hydrogen-bond acceptors (Lipinski definition) is 8. The summed E-state index contributed by atoms with van der Waals surface area (Å²) in [6.45, 7) is -2.06. The fraction of sp³-hybridized carbons (Fsp3) is 0.419. The topological polar surface area (TPSA) is 133 Å². The molecule has 2 saturated heterocycles. The molecule has 58 heavy (non-hydrogen) atoms. The summed E-state index contributed by atoms with van der Waals surface area (Å²) in [5, 5.41) is 28.5. The molecule has 0 bridgehead atoms. The van der Waals surface area contributed by atoms with E-state index in [2.05, 4.69) is 15.6 Å². The highest BCUT2D eigenvalue weighted by molar-refractivity contribution is 6.31. The van der Waals surface area contributed by atoms with Gasteiger partial charge in [-0.3, -0.25) is 18.5 Å². The maximum Gasteiger partial charge on any atom is 0.332 e. The van der Waals surface area contributed by atoms with Crippen LogP contribution < -0.4 is 10.6 Å². The number of halogens is 5. The number of nitrogens with one attached hydrogen (secondary N) is 2. The minimum atomic E-state index is -1.45. The summed E-state index contributed by atoms with van der Waals surface area (Å²) >= 11 is 13.0. The van der Waals surface area contributed by atoms with Gasteiger partial charge in [-0.05, 0) is 66.1 Å². The van der Waals surface area contributed by atoms with Crippen molar-refractivity contribution in [2.45, 2.75) is 73.4 Å². The van der Waals surface area contributed by atoms with Crippen molar-refractivity contribution in [2.75, 3.05) is 39.1 Å². The Kier molecular flexibility index (Phi) is 12.7. The lowest BCUT2D eigenvalue weighted by Crippen LogP contribution is -2.66. The zero-order valence-electron chi connectivity index (χ0n) is 31.7. The number of anilines is 1. The van der Waals surface area contributed by atoms with Crippen LogP contribution in [0.25, 0.3) is 0 Å². The van der Waals surface area contributed by atoms with Crippen molar-refractivity contribution in [3.8, 4) is 0 Å². The van der Waals surface area contributed by atoms with E-state index in [1.165, 1.54) is 19.4 Å². The molecule has 3 fully saturated rings. The molecule has 7 atom stereocenters. The molecule has 4 N–H and O–H groups in total. The van der Waals surface area contributed by atoms with Gasteiger partial charge in [0.25, 0.3) is 0 Å². The van der Waals surface area contributed by atoms with Gasteiger partial charge >= 0.3 is 5.97 Å². The van der Waals surface area contributed by atoms with Gasteiger partial charge in [0.1, 0.15) is 6.73 Å². The van der Waals surface area contributed by atoms with Crippen molar-refractivity contribution < 1.29 is 42.4 Å². The van der Waals surface area contributed by atoms with Gasteiger partial charge in [0, 0.05) is 46.8 Å². The average molecular weight is 842 g/mol. The fourth-order valence-electron chi connectivity index (χ4n) is 9.69. The van der Waals surface area contributed by atoms with Crippen LogP contribution in [0.4, 0.5) is 18.9 Å². The van der Waals surface area contributed by atoms with E-state index >= 15 is 18.0 Å². The number of aliphatic hydroxyl groups is 1. The molecule has 7 rings (SSSR count). The summed E-state index contributed by atoms with van der Waals surface area (Å²) in [5.74, 6) is -4.58. The van der Waals surface area contributed by atoms with Crippen LogP contribution in [0, 0.1) is 11.2 Å². The number of carboxylic acid groups (broad SMARTS) is 1. The monoisotopic (exact) mass is 840 g/mol. The van der Waals surface area contributed by atoms with Gasteiger partial charge in [-0.15, -0.1) is 0 Å². The lowest BCUT2D eigenvalue weighted by atomic mass is 9.51. The van der Waals surface area contributed by atoms with Crippen LogP contribution >= 0.6 is 23.2 Å². The van der Waals surface area contributed by atoms with Crippen molar-refractivity contribution >= 4 is 40.8 Å². The molecule has 308 valence electrons. The van der Waals surface area contributed by atoms with Crippen molar-refractivity contribution in [1.29, 1.82) is 0 Å². The smallest absolute Gasteiger partial charge is 0.332 e. The molecule has 15 heteroatoms. The second-order valence-electron chi connectivity index (χ2n) is 15.6. The van der Waals surface area contributed by atoms with E-state index in [9.17, 15) is 15.0 Å². The van der Waals surface area contributed by atoms with Crippen molar-refractivity contribution in [1.82, 2.24) is 15.2 Å². The summed E-state index contributed by atoms with van der Waals surface area (Å²) in [4.78, 5) is 33.0. The first kappa shape index (κ1) is 41.9. The van der Waals surface area contributed by atoms with E-state index in [-0.39, 0.29) is 44.6 Å². The Labute approximate surface area is 344 Å². The number of aromatic nitrogens is 1. The molecule has 1 amide bonds. The Bertz CT molecular complexity index is 2070. The zero-order chi connectivity index (χ0) is 41.2. The molecule has 1 aliphatic carbocycles. The standard InChI is InChI=1S/C43H45Cl2F3N4O6/c1-57-24-50-31-18-27(44)12-14-29(31)34-33(30-16-17-49-39(45)35(30)48)37(40(54)51-28-13-15-32(41(55)56)58-19-28)52(43(34)20-42(21-43,22-46)23-47)36(25-8-4-2-5-9-25)38(53)26-10-6-3-7-11-26/h2-12,14,16-18,28,32-34,36-38,50,53H,13,15,19-24H2,1H3,(H,51,54)(H,55,56)/t28-,32+,33-,34?,36-,37-,38+/m1/s1. The number of pyridine rings is 1. The number of likely N-dealkylation sites (tertiary alicyclic amines) is 1. The Hall–Kier alpha value is -4.24. The van der Waals surface area contributed by atoms with Crippen LogP contribution in [0.1, 0.15) is 71.9 Å². The molecule has 1 aromatic heterocycles. The van der Waals surface area contributed by atoms with Gasteiger partial charge < -0.3 is 30.3 Å². The summed E-state index contributed by atoms with van der Waals surface area (Å²) in [7, 11) is 1.50. The van der Waals surface area contributed by atoms with E-state index < -0.39 is 89.3 Å². The summed E-state index contributed by atoms with van der Waals surface area (Å²) < 4.78 is 58.3. The third kappa shape index (κ3) is 7.80. The van der Waals surface area contributed by atoms with Crippen molar-refractivity contribution in [3.05, 3.63) is 129 Å². The molecule has 1 saturated carbocycles.